The standard InChI is InChI=1S/C21H25N3O3S/c25-20(23-8-6-17-3-1-2-7-22-17)15-4-5-18-16(13-15)14-19(28-18)21(26)24-9-11-27-12-10-24/h1-3,7,14-15H,4-6,8-13H2,(H,23,25)/t15-/m1/s1. The number of nitrogens with one attached hydrogen (secondary N) is 1. The van der Waals surface area contributed by atoms with E-state index in [4.69, 9.17) is 4.74 Å². The zero-order chi connectivity index (χ0) is 19.3. The summed E-state index contributed by atoms with van der Waals surface area (Å²) in [5.74, 6) is 0.185. The van der Waals surface area contributed by atoms with Crippen molar-refractivity contribution in [2.24, 2.45) is 5.92 Å². The SMILES string of the molecule is O=C(NCCc1ccccn1)[C@@H]1CCc2sc(C(=O)N3CCOCC3)cc2C1. The molecule has 7 heteroatoms. The van der Waals surface area contributed by atoms with Crippen molar-refractivity contribution in [1.82, 2.24) is 15.2 Å². The van der Waals surface area contributed by atoms with E-state index in [2.05, 4.69) is 10.3 Å². The predicted molar refractivity (Wildman–Crippen MR) is 108 cm³/mol. The molecule has 2 aromatic rings. The van der Waals surface area contributed by atoms with Crippen molar-refractivity contribution < 1.29 is 14.3 Å². The van der Waals surface area contributed by atoms with Gasteiger partial charge in [-0.05, 0) is 43.0 Å². The van der Waals surface area contributed by atoms with Crippen LogP contribution in [0.15, 0.2) is 30.5 Å². The number of amides is 2. The molecule has 0 unspecified atom stereocenters. The minimum Gasteiger partial charge on any atom is -0.378 e. The Morgan fingerprint density at radius 3 is 2.93 bits per heavy atom. The van der Waals surface area contributed by atoms with Crippen LogP contribution in [-0.4, -0.2) is 54.5 Å². The van der Waals surface area contributed by atoms with Crippen LogP contribution in [0.4, 0.5) is 0 Å². The molecule has 1 fully saturated rings. The Morgan fingerprint density at radius 1 is 1.29 bits per heavy atom. The second-order valence-corrected chi connectivity index (χ2v) is 8.40. The quantitative estimate of drug-likeness (QED) is 0.836. The van der Waals surface area contributed by atoms with Crippen molar-refractivity contribution in [3.8, 4) is 0 Å². The summed E-state index contributed by atoms with van der Waals surface area (Å²) in [6, 6.07) is 7.82. The van der Waals surface area contributed by atoms with E-state index in [1.807, 2.05) is 29.2 Å². The van der Waals surface area contributed by atoms with Gasteiger partial charge in [0.2, 0.25) is 5.91 Å². The molecule has 0 aromatic carbocycles. The van der Waals surface area contributed by atoms with Crippen LogP contribution >= 0.6 is 11.3 Å². The minimum atomic E-state index is -0.0165. The number of fused-ring (bicyclic) bond motifs is 1. The van der Waals surface area contributed by atoms with Crippen LogP contribution in [-0.2, 0) is 28.8 Å². The molecule has 1 aliphatic heterocycles. The van der Waals surface area contributed by atoms with Gasteiger partial charge in [-0.2, -0.15) is 0 Å². The number of thiophene rings is 1. The highest BCUT2D eigenvalue weighted by atomic mass is 32.1. The molecule has 6 nitrogen and oxygen atoms in total. The second kappa shape index (κ2) is 8.84. The van der Waals surface area contributed by atoms with E-state index in [0.717, 1.165) is 41.8 Å². The molecular formula is C21H25N3O3S. The second-order valence-electron chi connectivity index (χ2n) is 7.27. The number of ether oxygens (including phenoxy) is 1. The van der Waals surface area contributed by atoms with Gasteiger partial charge in [0.15, 0.2) is 0 Å². The van der Waals surface area contributed by atoms with Crippen molar-refractivity contribution in [1.29, 1.82) is 0 Å². The fourth-order valence-corrected chi connectivity index (χ4v) is 4.96. The molecule has 0 saturated carbocycles. The van der Waals surface area contributed by atoms with Gasteiger partial charge in [0.1, 0.15) is 0 Å². The molecule has 0 radical (unpaired) electrons. The highest BCUT2D eigenvalue weighted by Crippen LogP contribution is 2.33. The van der Waals surface area contributed by atoms with E-state index in [9.17, 15) is 9.59 Å². The molecule has 1 atom stereocenters. The molecule has 1 aliphatic carbocycles. The van der Waals surface area contributed by atoms with Crippen molar-refractivity contribution in [3.63, 3.8) is 0 Å². The maximum atomic E-state index is 12.7. The number of carbonyl (C=O) groups is 2. The molecule has 4 rings (SSSR count). The summed E-state index contributed by atoms with van der Waals surface area (Å²) in [6.45, 7) is 3.13. The Bertz CT molecular complexity index is 831. The summed E-state index contributed by atoms with van der Waals surface area (Å²) < 4.78 is 5.33. The Balaban J connectivity index is 1.32. The number of carbonyl (C=O) groups excluding carboxylic acids is 2. The molecule has 1 saturated heterocycles. The lowest BCUT2D eigenvalue weighted by molar-refractivity contribution is -0.125. The van der Waals surface area contributed by atoms with Crippen LogP contribution < -0.4 is 5.32 Å². The summed E-state index contributed by atoms with van der Waals surface area (Å²) in [5, 5.41) is 3.05. The van der Waals surface area contributed by atoms with Crippen LogP contribution in [0.1, 0.15) is 32.2 Å². The fraction of sp³-hybridized carbons (Fsp3) is 0.476. The Morgan fingerprint density at radius 2 is 2.14 bits per heavy atom. The third-order valence-corrected chi connectivity index (χ3v) is 6.59. The monoisotopic (exact) mass is 399 g/mol. The predicted octanol–water partition coefficient (Wildman–Crippen LogP) is 2.08. The molecule has 3 heterocycles. The molecule has 1 N–H and O–H groups in total. The van der Waals surface area contributed by atoms with E-state index in [1.165, 1.54) is 4.88 Å². The summed E-state index contributed by atoms with van der Waals surface area (Å²) in [5.41, 5.74) is 2.15. The van der Waals surface area contributed by atoms with Crippen LogP contribution in [0, 0.1) is 5.92 Å². The summed E-state index contributed by atoms with van der Waals surface area (Å²) in [7, 11) is 0. The van der Waals surface area contributed by atoms with Gasteiger partial charge in [0, 0.05) is 48.7 Å². The molecule has 148 valence electrons. The zero-order valence-corrected chi connectivity index (χ0v) is 16.7. The molecule has 0 bridgehead atoms. The van der Waals surface area contributed by atoms with Gasteiger partial charge in [0.25, 0.3) is 5.91 Å². The number of pyridine rings is 1. The number of morpholine rings is 1. The average molecular weight is 400 g/mol. The minimum absolute atomic E-state index is 0.0165. The average Bonchev–Trinajstić information content (AvgIpc) is 3.18. The highest BCUT2D eigenvalue weighted by Gasteiger charge is 2.28. The lowest BCUT2D eigenvalue weighted by Crippen LogP contribution is -2.40. The van der Waals surface area contributed by atoms with E-state index in [0.29, 0.717) is 32.8 Å². The molecular weight excluding hydrogens is 374 g/mol. The van der Waals surface area contributed by atoms with Gasteiger partial charge in [-0.1, -0.05) is 6.07 Å². The van der Waals surface area contributed by atoms with Gasteiger partial charge in [0.05, 0.1) is 18.1 Å². The van der Waals surface area contributed by atoms with Crippen molar-refractivity contribution in [3.05, 3.63) is 51.5 Å². The van der Waals surface area contributed by atoms with E-state index < -0.39 is 0 Å². The van der Waals surface area contributed by atoms with Crippen LogP contribution in [0.2, 0.25) is 0 Å². The van der Waals surface area contributed by atoms with Gasteiger partial charge in [-0.3, -0.25) is 14.6 Å². The van der Waals surface area contributed by atoms with Crippen molar-refractivity contribution in [2.45, 2.75) is 25.7 Å². The molecule has 2 aromatic heterocycles. The smallest absolute Gasteiger partial charge is 0.264 e. The first kappa shape index (κ1) is 19.1. The Kier molecular flexibility index (Phi) is 6.02. The molecule has 2 aliphatic rings. The van der Waals surface area contributed by atoms with Gasteiger partial charge in [-0.15, -0.1) is 11.3 Å². The maximum absolute atomic E-state index is 12.7. The highest BCUT2D eigenvalue weighted by molar-refractivity contribution is 7.14. The summed E-state index contributed by atoms with van der Waals surface area (Å²) >= 11 is 1.59. The largest absolute Gasteiger partial charge is 0.378 e. The molecule has 2 amide bonds. The number of aromatic nitrogens is 1. The van der Waals surface area contributed by atoms with Crippen LogP contribution in [0.25, 0.3) is 0 Å². The number of aryl methyl sites for hydroxylation is 1. The Labute approximate surface area is 168 Å². The number of nitrogens with zero attached hydrogens (tertiary/aromatic N) is 2. The number of hydrogen-bond donors (Lipinski definition) is 1. The van der Waals surface area contributed by atoms with Gasteiger partial charge < -0.3 is 15.0 Å². The van der Waals surface area contributed by atoms with Gasteiger partial charge >= 0.3 is 0 Å². The Hall–Kier alpha value is -2.25. The summed E-state index contributed by atoms with van der Waals surface area (Å²) in [6.07, 6.45) is 4.94. The molecule has 0 spiro atoms. The fourth-order valence-electron chi connectivity index (χ4n) is 3.78. The van der Waals surface area contributed by atoms with Gasteiger partial charge in [-0.25, -0.2) is 0 Å². The van der Waals surface area contributed by atoms with Crippen molar-refractivity contribution >= 4 is 23.2 Å². The summed E-state index contributed by atoms with van der Waals surface area (Å²) in [4.78, 5) is 33.5. The molecule has 28 heavy (non-hydrogen) atoms. The van der Waals surface area contributed by atoms with E-state index in [1.54, 1.807) is 17.5 Å². The van der Waals surface area contributed by atoms with Crippen LogP contribution in [0.5, 0.6) is 0 Å². The first-order valence-corrected chi connectivity index (χ1v) is 10.7. The number of rotatable bonds is 5. The third-order valence-electron chi connectivity index (χ3n) is 5.37. The van der Waals surface area contributed by atoms with Crippen molar-refractivity contribution in [2.75, 3.05) is 32.8 Å². The lowest BCUT2D eigenvalue weighted by Gasteiger charge is -2.26. The topological polar surface area (TPSA) is 71.5 Å². The van der Waals surface area contributed by atoms with Crippen LogP contribution in [0.3, 0.4) is 0 Å². The maximum Gasteiger partial charge on any atom is 0.264 e. The third kappa shape index (κ3) is 4.42. The van der Waals surface area contributed by atoms with E-state index >= 15 is 0 Å². The number of hydrogen-bond acceptors (Lipinski definition) is 5. The first-order chi connectivity index (χ1) is 13.7. The normalized spacial score (nSPS) is 19.1. The zero-order valence-electron chi connectivity index (χ0n) is 15.9. The lowest BCUT2D eigenvalue weighted by atomic mass is 9.87. The first-order valence-electron chi connectivity index (χ1n) is 9.87. The van der Waals surface area contributed by atoms with E-state index in [-0.39, 0.29) is 17.7 Å².